The summed E-state index contributed by atoms with van der Waals surface area (Å²) >= 11 is 5.80. The van der Waals surface area contributed by atoms with E-state index in [0.717, 1.165) is 16.9 Å². The van der Waals surface area contributed by atoms with E-state index >= 15 is 0 Å². The lowest BCUT2D eigenvalue weighted by Gasteiger charge is -2.40. The van der Waals surface area contributed by atoms with Crippen LogP contribution in [0.1, 0.15) is 28.7 Å². The van der Waals surface area contributed by atoms with Gasteiger partial charge in [-0.15, -0.1) is 0 Å². The maximum absolute atomic E-state index is 14.5. The van der Waals surface area contributed by atoms with Gasteiger partial charge >= 0.3 is 5.97 Å². The second kappa shape index (κ2) is 12.4. The highest BCUT2D eigenvalue weighted by Gasteiger charge is 2.27. The molecule has 2 aromatic carbocycles. The average molecular weight is 586 g/mol. The van der Waals surface area contributed by atoms with Crippen LogP contribution in [0.3, 0.4) is 0 Å². The maximum Gasteiger partial charge on any atom is 0.335 e. The van der Waals surface area contributed by atoms with Crippen molar-refractivity contribution in [1.29, 1.82) is 0 Å². The SMILES string of the molecule is COCCn1c(CN2CCN(c3ccc(F)c(OCc4ccc(Cl)cc4F)n3)C[C@@H]2C)nc2ccc(C(=O)O)cc21. The van der Waals surface area contributed by atoms with E-state index in [4.69, 9.17) is 26.1 Å². The largest absolute Gasteiger partial charge is 0.478 e. The monoisotopic (exact) mass is 585 g/mol. The zero-order chi connectivity index (χ0) is 29.1. The van der Waals surface area contributed by atoms with Gasteiger partial charge in [0.25, 0.3) is 5.88 Å². The number of piperazine rings is 1. The fourth-order valence-electron chi connectivity index (χ4n) is 4.95. The molecule has 216 valence electrons. The Hall–Kier alpha value is -3.80. The average Bonchev–Trinajstić information content (AvgIpc) is 3.29. The molecular formula is C29H30ClF2N5O4. The number of imidazole rings is 1. The summed E-state index contributed by atoms with van der Waals surface area (Å²) in [5.74, 6) is -0.951. The summed E-state index contributed by atoms with van der Waals surface area (Å²) < 4.78 is 41.5. The lowest BCUT2D eigenvalue weighted by molar-refractivity contribution is 0.0697. The zero-order valence-electron chi connectivity index (χ0n) is 22.7. The van der Waals surface area contributed by atoms with Crippen molar-refractivity contribution in [2.45, 2.75) is 32.7 Å². The van der Waals surface area contributed by atoms with Crippen LogP contribution >= 0.6 is 11.6 Å². The molecule has 4 aromatic rings. The zero-order valence-corrected chi connectivity index (χ0v) is 23.4. The van der Waals surface area contributed by atoms with Gasteiger partial charge in [0.15, 0.2) is 5.82 Å². The molecule has 0 bridgehead atoms. The number of methoxy groups -OCH3 is 1. The van der Waals surface area contributed by atoms with Crippen LogP contribution < -0.4 is 9.64 Å². The van der Waals surface area contributed by atoms with E-state index in [9.17, 15) is 18.7 Å². The Morgan fingerprint density at radius 3 is 2.66 bits per heavy atom. The predicted octanol–water partition coefficient (Wildman–Crippen LogP) is 5.00. The van der Waals surface area contributed by atoms with Crippen LogP contribution in [0.5, 0.6) is 5.88 Å². The van der Waals surface area contributed by atoms with Crippen molar-refractivity contribution in [2.24, 2.45) is 0 Å². The van der Waals surface area contributed by atoms with Gasteiger partial charge in [-0.05, 0) is 49.4 Å². The van der Waals surface area contributed by atoms with Crippen LogP contribution in [0.15, 0.2) is 48.5 Å². The summed E-state index contributed by atoms with van der Waals surface area (Å²) in [5, 5.41) is 9.72. The fraction of sp³-hybridized carbons (Fsp3) is 0.345. The molecule has 0 saturated carbocycles. The molecule has 1 fully saturated rings. The molecule has 0 spiro atoms. The third kappa shape index (κ3) is 6.42. The number of aromatic nitrogens is 3. The number of carboxylic acids is 1. The van der Waals surface area contributed by atoms with Crippen LogP contribution in [0.2, 0.25) is 5.02 Å². The molecule has 1 aliphatic heterocycles. The summed E-state index contributed by atoms with van der Waals surface area (Å²) in [5.41, 5.74) is 1.94. The Labute approximate surface area is 240 Å². The fourth-order valence-corrected chi connectivity index (χ4v) is 5.11. The number of carbonyl (C=O) groups is 1. The number of hydrogen-bond donors (Lipinski definition) is 1. The maximum atomic E-state index is 14.5. The van der Waals surface area contributed by atoms with Crippen LogP contribution in [0.4, 0.5) is 14.6 Å². The van der Waals surface area contributed by atoms with Gasteiger partial charge in [-0.25, -0.2) is 18.6 Å². The predicted molar refractivity (Wildman–Crippen MR) is 151 cm³/mol. The lowest BCUT2D eigenvalue weighted by Crippen LogP contribution is -2.52. The summed E-state index contributed by atoms with van der Waals surface area (Å²) in [6, 6.07) is 12.2. The van der Waals surface area contributed by atoms with E-state index in [1.165, 1.54) is 18.2 Å². The van der Waals surface area contributed by atoms with Crippen molar-refractivity contribution >= 4 is 34.4 Å². The van der Waals surface area contributed by atoms with Crippen molar-refractivity contribution in [3.8, 4) is 5.88 Å². The Balaban J connectivity index is 1.28. The molecule has 9 nitrogen and oxygen atoms in total. The molecule has 2 aromatic heterocycles. The number of fused-ring (bicyclic) bond motifs is 1. The minimum atomic E-state index is -0.988. The number of rotatable bonds is 10. The minimum absolute atomic E-state index is 0.105. The van der Waals surface area contributed by atoms with Crippen molar-refractivity contribution in [2.75, 3.05) is 38.3 Å². The lowest BCUT2D eigenvalue weighted by atomic mass is 10.2. The van der Waals surface area contributed by atoms with E-state index in [2.05, 4.69) is 21.7 Å². The normalized spacial score (nSPS) is 15.9. The van der Waals surface area contributed by atoms with Gasteiger partial charge in [0.1, 0.15) is 24.1 Å². The Bertz CT molecular complexity index is 1570. The minimum Gasteiger partial charge on any atom is -0.478 e. The summed E-state index contributed by atoms with van der Waals surface area (Å²) in [6.07, 6.45) is 0. The first-order valence-electron chi connectivity index (χ1n) is 13.2. The molecule has 0 unspecified atom stereocenters. The molecule has 1 atom stereocenters. The second-order valence-corrected chi connectivity index (χ2v) is 10.4. The number of ether oxygens (including phenoxy) is 2. The van der Waals surface area contributed by atoms with Crippen LogP contribution in [0, 0.1) is 11.6 Å². The molecule has 1 saturated heterocycles. The molecule has 3 heterocycles. The molecular weight excluding hydrogens is 556 g/mol. The highest BCUT2D eigenvalue weighted by molar-refractivity contribution is 6.30. The van der Waals surface area contributed by atoms with Crippen LogP contribution in [0.25, 0.3) is 11.0 Å². The first-order valence-corrected chi connectivity index (χ1v) is 13.5. The number of carboxylic acid groups (broad SMARTS) is 1. The number of aromatic carboxylic acids is 1. The topological polar surface area (TPSA) is 93.0 Å². The first-order chi connectivity index (χ1) is 19.7. The van der Waals surface area contributed by atoms with E-state index in [1.54, 1.807) is 37.4 Å². The van der Waals surface area contributed by atoms with E-state index in [0.29, 0.717) is 45.1 Å². The molecule has 0 radical (unpaired) electrons. The number of nitrogens with zero attached hydrogens (tertiary/aromatic N) is 5. The van der Waals surface area contributed by atoms with Gasteiger partial charge in [-0.1, -0.05) is 17.7 Å². The van der Waals surface area contributed by atoms with Crippen molar-refractivity contribution in [1.82, 2.24) is 19.4 Å². The Morgan fingerprint density at radius 1 is 1.10 bits per heavy atom. The van der Waals surface area contributed by atoms with E-state index in [-0.39, 0.29) is 34.7 Å². The standard InChI is InChI=1S/C29H30ClF2N5O4/c1-18-15-36(26-8-6-22(31)28(34-26)41-17-20-3-5-21(30)14-23(20)32)10-9-35(18)16-27-33-24-7-4-19(29(38)39)13-25(24)37(27)11-12-40-2/h3-8,13-14,18H,9-12,15-17H2,1-2H3,(H,38,39)/t18-/m0/s1. The molecule has 41 heavy (non-hydrogen) atoms. The smallest absolute Gasteiger partial charge is 0.335 e. The summed E-state index contributed by atoms with van der Waals surface area (Å²) in [4.78, 5) is 25.1. The summed E-state index contributed by atoms with van der Waals surface area (Å²) in [6.45, 7) is 5.45. The highest BCUT2D eigenvalue weighted by atomic mass is 35.5. The number of halogens is 3. The first kappa shape index (κ1) is 28.7. The second-order valence-electron chi connectivity index (χ2n) is 9.93. The van der Waals surface area contributed by atoms with E-state index in [1.807, 2.05) is 4.57 Å². The third-order valence-electron chi connectivity index (χ3n) is 7.21. The van der Waals surface area contributed by atoms with Crippen molar-refractivity contribution in [3.05, 3.63) is 82.1 Å². The van der Waals surface area contributed by atoms with Crippen LogP contribution in [-0.2, 0) is 24.4 Å². The van der Waals surface area contributed by atoms with Gasteiger partial charge in [0.05, 0.1) is 29.7 Å². The third-order valence-corrected chi connectivity index (χ3v) is 7.44. The van der Waals surface area contributed by atoms with E-state index < -0.39 is 17.6 Å². The molecule has 1 N–H and O–H groups in total. The molecule has 5 rings (SSSR count). The van der Waals surface area contributed by atoms with Crippen molar-refractivity contribution < 1.29 is 28.2 Å². The number of benzene rings is 2. The quantitative estimate of drug-likeness (QED) is 0.278. The Morgan fingerprint density at radius 2 is 1.93 bits per heavy atom. The molecule has 12 heteroatoms. The molecule has 1 aliphatic rings. The highest BCUT2D eigenvalue weighted by Crippen LogP contribution is 2.26. The van der Waals surface area contributed by atoms with Gasteiger partial charge < -0.3 is 24.0 Å². The van der Waals surface area contributed by atoms with Gasteiger partial charge in [-0.3, -0.25) is 4.90 Å². The van der Waals surface area contributed by atoms with Crippen molar-refractivity contribution in [3.63, 3.8) is 0 Å². The molecule has 0 amide bonds. The van der Waals surface area contributed by atoms with Gasteiger partial charge in [0, 0.05) is 49.9 Å². The molecule has 0 aliphatic carbocycles. The number of hydrogen-bond acceptors (Lipinski definition) is 7. The van der Waals surface area contributed by atoms with Gasteiger partial charge in [0.2, 0.25) is 0 Å². The van der Waals surface area contributed by atoms with Crippen LogP contribution in [-0.4, -0.2) is 69.9 Å². The Kier molecular flexibility index (Phi) is 8.67. The number of pyridine rings is 1. The van der Waals surface area contributed by atoms with Gasteiger partial charge in [-0.2, -0.15) is 4.98 Å². The summed E-state index contributed by atoms with van der Waals surface area (Å²) in [7, 11) is 1.62. The number of anilines is 1.